The largest absolute Gasteiger partial charge is 0.301 e. The van der Waals surface area contributed by atoms with Crippen LogP contribution in [0.4, 0.5) is 0 Å². The Morgan fingerprint density at radius 1 is 0.944 bits per heavy atom. The molecule has 2 heteroatoms. The summed E-state index contributed by atoms with van der Waals surface area (Å²) in [6.07, 6.45) is 2.59. The average Bonchev–Trinajstić information content (AvgIpc) is 2.33. The second-order valence-electron chi connectivity index (χ2n) is 5.60. The molecule has 0 aromatic heterocycles. The molecule has 0 atom stereocenters. The van der Waals surface area contributed by atoms with E-state index in [-0.39, 0.29) is 0 Å². The number of benzene rings is 1. The SMILES string of the molecule is CC(C)N1CCCN(Cc2ccccc2)CCC1. The first-order chi connectivity index (χ1) is 8.75. The van der Waals surface area contributed by atoms with Crippen molar-refractivity contribution in [2.24, 2.45) is 0 Å². The Bertz CT molecular complexity index is 324. The zero-order valence-corrected chi connectivity index (χ0v) is 11.8. The molecule has 1 aliphatic heterocycles. The van der Waals surface area contributed by atoms with Crippen LogP contribution in [0.25, 0.3) is 0 Å². The van der Waals surface area contributed by atoms with E-state index in [1.807, 2.05) is 0 Å². The Hall–Kier alpha value is -0.860. The first kappa shape index (κ1) is 13.6. The van der Waals surface area contributed by atoms with Crippen molar-refractivity contribution in [3.8, 4) is 0 Å². The van der Waals surface area contributed by atoms with Gasteiger partial charge in [-0.2, -0.15) is 0 Å². The molecule has 100 valence electrons. The van der Waals surface area contributed by atoms with Gasteiger partial charge in [0, 0.05) is 12.6 Å². The minimum absolute atomic E-state index is 0.700. The lowest BCUT2D eigenvalue weighted by atomic mass is 10.1. The number of rotatable bonds is 3. The molecule has 1 saturated heterocycles. The highest BCUT2D eigenvalue weighted by Crippen LogP contribution is 2.10. The molecule has 1 aromatic rings. The summed E-state index contributed by atoms with van der Waals surface area (Å²) in [5.41, 5.74) is 1.44. The summed E-state index contributed by atoms with van der Waals surface area (Å²) in [6.45, 7) is 10.7. The van der Waals surface area contributed by atoms with E-state index in [4.69, 9.17) is 0 Å². The van der Waals surface area contributed by atoms with Crippen molar-refractivity contribution in [2.75, 3.05) is 26.2 Å². The summed E-state index contributed by atoms with van der Waals surface area (Å²) in [7, 11) is 0. The Morgan fingerprint density at radius 3 is 2.11 bits per heavy atom. The fourth-order valence-corrected chi connectivity index (χ4v) is 2.73. The monoisotopic (exact) mass is 246 g/mol. The summed E-state index contributed by atoms with van der Waals surface area (Å²) in [6, 6.07) is 11.5. The van der Waals surface area contributed by atoms with Crippen LogP contribution in [-0.4, -0.2) is 42.0 Å². The molecule has 0 spiro atoms. The van der Waals surface area contributed by atoms with Crippen LogP contribution in [0.2, 0.25) is 0 Å². The molecule has 1 aromatic carbocycles. The quantitative estimate of drug-likeness (QED) is 0.809. The van der Waals surface area contributed by atoms with Gasteiger partial charge in [0.15, 0.2) is 0 Å². The summed E-state index contributed by atoms with van der Waals surface area (Å²) >= 11 is 0. The average molecular weight is 246 g/mol. The van der Waals surface area contributed by atoms with Crippen LogP contribution >= 0.6 is 0 Å². The molecule has 0 amide bonds. The third-order valence-corrected chi connectivity index (χ3v) is 3.82. The summed E-state index contributed by atoms with van der Waals surface area (Å²) in [5, 5.41) is 0. The van der Waals surface area contributed by atoms with Crippen molar-refractivity contribution in [2.45, 2.75) is 39.3 Å². The molecule has 0 N–H and O–H groups in total. The van der Waals surface area contributed by atoms with Crippen molar-refractivity contribution in [1.82, 2.24) is 9.80 Å². The van der Waals surface area contributed by atoms with E-state index in [1.165, 1.54) is 44.6 Å². The predicted molar refractivity (Wildman–Crippen MR) is 77.7 cm³/mol. The van der Waals surface area contributed by atoms with Crippen molar-refractivity contribution in [3.05, 3.63) is 35.9 Å². The van der Waals surface area contributed by atoms with E-state index in [9.17, 15) is 0 Å². The molecule has 1 fully saturated rings. The molecule has 0 aliphatic carbocycles. The van der Waals surface area contributed by atoms with E-state index in [1.54, 1.807) is 0 Å². The van der Waals surface area contributed by atoms with Gasteiger partial charge in [0.2, 0.25) is 0 Å². The smallest absolute Gasteiger partial charge is 0.0233 e. The Morgan fingerprint density at radius 2 is 1.56 bits per heavy atom. The maximum Gasteiger partial charge on any atom is 0.0233 e. The van der Waals surface area contributed by atoms with Crippen LogP contribution in [0.1, 0.15) is 32.3 Å². The zero-order chi connectivity index (χ0) is 12.8. The van der Waals surface area contributed by atoms with Gasteiger partial charge in [-0.25, -0.2) is 0 Å². The Balaban J connectivity index is 1.82. The number of hydrogen-bond donors (Lipinski definition) is 0. The summed E-state index contributed by atoms with van der Waals surface area (Å²) in [5.74, 6) is 0. The van der Waals surface area contributed by atoms with Crippen LogP contribution in [0.5, 0.6) is 0 Å². The molecule has 2 rings (SSSR count). The Labute approximate surface area is 112 Å². The molecule has 1 heterocycles. The van der Waals surface area contributed by atoms with Crippen LogP contribution in [-0.2, 0) is 6.54 Å². The minimum atomic E-state index is 0.700. The second-order valence-corrected chi connectivity index (χ2v) is 5.60. The predicted octanol–water partition coefficient (Wildman–Crippen LogP) is 2.99. The molecule has 0 radical (unpaired) electrons. The van der Waals surface area contributed by atoms with Crippen molar-refractivity contribution in [1.29, 1.82) is 0 Å². The second kappa shape index (κ2) is 6.91. The van der Waals surface area contributed by atoms with Gasteiger partial charge in [-0.05, 0) is 58.4 Å². The van der Waals surface area contributed by atoms with E-state index >= 15 is 0 Å². The Kier molecular flexibility index (Phi) is 5.21. The third kappa shape index (κ3) is 4.11. The molecule has 0 saturated carbocycles. The van der Waals surface area contributed by atoms with E-state index in [2.05, 4.69) is 54.0 Å². The van der Waals surface area contributed by atoms with Crippen molar-refractivity contribution in [3.63, 3.8) is 0 Å². The summed E-state index contributed by atoms with van der Waals surface area (Å²) in [4.78, 5) is 5.22. The topological polar surface area (TPSA) is 6.48 Å². The lowest BCUT2D eigenvalue weighted by Crippen LogP contribution is -2.39. The molecular formula is C16H26N2. The molecule has 0 unspecified atom stereocenters. The van der Waals surface area contributed by atoms with Gasteiger partial charge in [-0.1, -0.05) is 30.3 Å². The maximum atomic E-state index is 2.61. The van der Waals surface area contributed by atoms with Crippen LogP contribution in [0.15, 0.2) is 30.3 Å². The van der Waals surface area contributed by atoms with E-state index in [0.29, 0.717) is 6.04 Å². The lowest BCUT2D eigenvalue weighted by molar-refractivity contribution is 0.153. The first-order valence-electron chi connectivity index (χ1n) is 7.26. The first-order valence-corrected chi connectivity index (χ1v) is 7.26. The number of nitrogens with zero attached hydrogens (tertiary/aromatic N) is 2. The highest BCUT2D eigenvalue weighted by molar-refractivity contribution is 5.14. The van der Waals surface area contributed by atoms with Crippen LogP contribution in [0, 0.1) is 0 Å². The molecule has 1 aliphatic rings. The van der Waals surface area contributed by atoms with E-state index in [0.717, 1.165) is 6.54 Å². The van der Waals surface area contributed by atoms with Crippen molar-refractivity contribution < 1.29 is 0 Å². The molecule has 18 heavy (non-hydrogen) atoms. The van der Waals surface area contributed by atoms with Gasteiger partial charge < -0.3 is 4.90 Å². The van der Waals surface area contributed by atoms with Gasteiger partial charge in [-0.3, -0.25) is 4.90 Å². The molecule has 0 bridgehead atoms. The minimum Gasteiger partial charge on any atom is -0.301 e. The number of hydrogen-bond acceptors (Lipinski definition) is 2. The maximum absolute atomic E-state index is 2.61. The van der Waals surface area contributed by atoms with Gasteiger partial charge in [0.05, 0.1) is 0 Å². The van der Waals surface area contributed by atoms with Gasteiger partial charge in [0.25, 0.3) is 0 Å². The van der Waals surface area contributed by atoms with Crippen molar-refractivity contribution >= 4 is 0 Å². The molecule has 2 nitrogen and oxygen atoms in total. The standard InChI is InChI=1S/C16H26N2/c1-15(2)18-12-6-10-17(11-7-13-18)14-16-8-4-3-5-9-16/h3-5,8-9,15H,6-7,10-14H2,1-2H3. The van der Waals surface area contributed by atoms with Crippen LogP contribution in [0.3, 0.4) is 0 Å². The lowest BCUT2D eigenvalue weighted by Gasteiger charge is -2.32. The van der Waals surface area contributed by atoms with Crippen LogP contribution < -0.4 is 0 Å². The highest BCUT2D eigenvalue weighted by atomic mass is 15.2. The van der Waals surface area contributed by atoms with Gasteiger partial charge >= 0.3 is 0 Å². The van der Waals surface area contributed by atoms with E-state index < -0.39 is 0 Å². The fourth-order valence-electron chi connectivity index (χ4n) is 2.73. The van der Waals surface area contributed by atoms with Gasteiger partial charge in [-0.15, -0.1) is 0 Å². The highest BCUT2D eigenvalue weighted by Gasteiger charge is 2.14. The van der Waals surface area contributed by atoms with Gasteiger partial charge in [0.1, 0.15) is 0 Å². The third-order valence-electron chi connectivity index (χ3n) is 3.82. The normalized spacial score (nSPS) is 19.7. The molecular weight excluding hydrogens is 220 g/mol. The zero-order valence-electron chi connectivity index (χ0n) is 11.8. The summed E-state index contributed by atoms with van der Waals surface area (Å²) < 4.78 is 0. The fraction of sp³-hybridized carbons (Fsp3) is 0.625.